The fraction of sp³-hybridized carbons (Fsp3) is 0.417. The molecular weight excluding hydrogens is 216 g/mol. The zero-order valence-electron chi connectivity index (χ0n) is 10.2. The monoisotopic (exact) mass is 234 g/mol. The van der Waals surface area contributed by atoms with Crippen LogP contribution in [0.4, 0.5) is 0 Å². The molecule has 92 valence electrons. The van der Waals surface area contributed by atoms with Gasteiger partial charge in [-0.2, -0.15) is 5.10 Å². The van der Waals surface area contributed by atoms with Crippen molar-refractivity contribution in [1.29, 1.82) is 0 Å². The van der Waals surface area contributed by atoms with E-state index in [1.54, 1.807) is 0 Å². The highest BCUT2D eigenvalue weighted by Gasteiger charge is 2.17. The van der Waals surface area contributed by atoms with Crippen LogP contribution in [0.15, 0.2) is 24.3 Å². The van der Waals surface area contributed by atoms with Crippen LogP contribution < -0.4 is 11.3 Å². The van der Waals surface area contributed by atoms with E-state index in [-0.39, 0.29) is 6.04 Å². The van der Waals surface area contributed by atoms with E-state index in [4.69, 9.17) is 10.6 Å². The summed E-state index contributed by atoms with van der Waals surface area (Å²) < 4.78 is 7.27. The van der Waals surface area contributed by atoms with E-state index in [2.05, 4.69) is 10.5 Å². The summed E-state index contributed by atoms with van der Waals surface area (Å²) in [6.07, 6.45) is 0. The van der Waals surface area contributed by atoms with Crippen molar-refractivity contribution in [2.24, 2.45) is 12.9 Å². The largest absolute Gasteiger partial charge is 0.380 e. The number of benzene rings is 1. The molecule has 1 aromatic heterocycles. The Kier molecular flexibility index (Phi) is 3.73. The van der Waals surface area contributed by atoms with Gasteiger partial charge in [0.15, 0.2) is 0 Å². The first-order valence-corrected chi connectivity index (χ1v) is 5.73. The number of nitrogens with zero attached hydrogens (tertiary/aromatic N) is 2. The number of hydrazine groups is 1. The second-order valence-corrected chi connectivity index (χ2v) is 3.90. The fourth-order valence-corrected chi connectivity index (χ4v) is 1.94. The average molecular weight is 234 g/mol. The molecule has 0 aliphatic carbocycles. The van der Waals surface area contributed by atoms with Gasteiger partial charge in [-0.15, -0.1) is 0 Å². The van der Waals surface area contributed by atoms with Gasteiger partial charge in [0.2, 0.25) is 0 Å². The average Bonchev–Trinajstić information content (AvgIpc) is 2.69. The summed E-state index contributed by atoms with van der Waals surface area (Å²) in [6.45, 7) is 3.15. The van der Waals surface area contributed by atoms with E-state index in [1.807, 2.05) is 42.9 Å². The van der Waals surface area contributed by atoms with Crippen LogP contribution in [0.1, 0.15) is 18.7 Å². The lowest BCUT2D eigenvalue weighted by atomic mass is 10.1. The van der Waals surface area contributed by atoms with Crippen molar-refractivity contribution in [3.63, 3.8) is 0 Å². The van der Waals surface area contributed by atoms with E-state index >= 15 is 0 Å². The molecular formula is C12H18N4O. The Bertz CT molecular complexity index is 494. The molecule has 0 spiro atoms. The minimum Gasteiger partial charge on any atom is -0.380 e. The predicted molar refractivity (Wildman–Crippen MR) is 67.3 cm³/mol. The minimum absolute atomic E-state index is 0.0824. The molecule has 0 radical (unpaired) electrons. The van der Waals surface area contributed by atoms with Crippen LogP contribution in [0.5, 0.6) is 0 Å². The molecule has 0 aliphatic heterocycles. The first-order valence-electron chi connectivity index (χ1n) is 5.73. The van der Waals surface area contributed by atoms with E-state index in [0.717, 1.165) is 16.6 Å². The number of para-hydroxylation sites is 1. The summed E-state index contributed by atoms with van der Waals surface area (Å²) in [6, 6.07) is 8.01. The lowest BCUT2D eigenvalue weighted by Crippen LogP contribution is -2.32. The summed E-state index contributed by atoms with van der Waals surface area (Å²) in [5, 5.41) is 5.62. The number of rotatable bonds is 5. The first kappa shape index (κ1) is 12.0. The molecule has 3 N–H and O–H groups in total. The summed E-state index contributed by atoms with van der Waals surface area (Å²) in [4.78, 5) is 0. The fourth-order valence-electron chi connectivity index (χ4n) is 1.94. The number of aryl methyl sites for hydroxylation is 1. The Balaban J connectivity index is 2.39. The molecule has 2 rings (SSSR count). The van der Waals surface area contributed by atoms with Crippen LogP contribution in [0.2, 0.25) is 0 Å². The highest BCUT2D eigenvalue weighted by Crippen LogP contribution is 2.22. The SMILES string of the molecule is CCOCC(NN)c1nn(C)c2ccccc12. The third-order valence-electron chi connectivity index (χ3n) is 2.81. The molecule has 0 saturated carbocycles. The van der Waals surface area contributed by atoms with Crippen molar-refractivity contribution >= 4 is 10.9 Å². The van der Waals surface area contributed by atoms with Gasteiger partial charge in [0, 0.05) is 19.0 Å². The molecule has 0 bridgehead atoms. The molecule has 0 saturated heterocycles. The smallest absolute Gasteiger partial charge is 0.0909 e. The van der Waals surface area contributed by atoms with Crippen LogP contribution in [0, 0.1) is 0 Å². The summed E-state index contributed by atoms with van der Waals surface area (Å²) in [7, 11) is 1.93. The summed E-state index contributed by atoms with van der Waals surface area (Å²) >= 11 is 0. The maximum atomic E-state index is 5.57. The van der Waals surface area contributed by atoms with Gasteiger partial charge in [0.05, 0.1) is 23.9 Å². The molecule has 1 aromatic carbocycles. The van der Waals surface area contributed by atoms with E-state index in [0.29, 0.717) is 13.2 Å². The van der Waals surface area contributed by atoms with Gasteiger partial charge in [0.1, 0.15) is 0 Å². The number of hydrogen-bond donors (Lipinski definition) is 2. The van der Waals surface area contributed by atoms with Gasteiger partial charge in [0.25, 0.3) is 0 Å². The summed E-state index contributed by atoms with van der Waals surface area (Å²) in [5.74, 6) is 5.57. The molecule has 17 heavy (non-hydrogen) atoms. The zero-order valence-corrected chi connectivity index (χ0v) is 10.2. The normalized spacial score (nSPS) is 13.1. The van der Waals surface area contributed by atoms with Gasteiger partial charge in [-0.3, -0.25) is 10.5 Å². The first-order chi connectivity index (χ1) is 8.27. The van der Waals surface area contributed by atoms with Gasteiger partial charge in [-0.05, 0) is 13.0 Å². The van der Waals surface area contributed by atoms with Crippen molar-refractivity contribution in [2.75, 3.05) is 13.2 Å². The minimum atomic E-state index is -0.0824. The van der Waals surface area contributed by atoms with Gasteiger partial charge in [-0.1, -0.05) is 18.2 Å². The van der Waals surface area contributed by atoms with Crippen molar-refractivity contribution in [2.45, 2.75) is 13.0 Å². The second-order valence-electron chi connectivity index (χ2n) is 3.90. The number of aromatic nitrogens is 2. The van der Waals surface area contributed by atoms with Crippen LogP contribution >= 0.6 is 0 Å². The molecule has 0 fully saturated rings. The topological polar surface area (TPSA) is 65.1 Å². The van der Waals surface area contributed by atoms with Crippen LogP contribution in [-0.4, -0.2) is 23.0 Å². The molecule has 1 heterocycles. The second kappa shape index (κ2) is 5.27. The predicted octanol–water partition coefficient (Wildman–Crippen LogP) is 1.11. The van der Waals surface area contributed by atoms with Crippen molar-refractivity contribution in [3.05, 3.63) is 30.0 Å². The van der Waals surface area contributed by atoms with E-state index in [9.17, 15) is 0 Å². The Morgan fingerprint density at radius 1 is 1.47 bits per heavy atom. The van der Waals surface area contributed by atoms with Crippen molar-refractivity contribution in [1.82, 2.24) is 15.2 Å². The number of ether oxygens (including phenoxy) is 1. The van der Waals surface area contributed by atoms with Crippen molar-refractivity contribution < 1.29 is 4.74 Å². The standard InChI is InChI=1S/C12H18N4O/c1-3-17-8-10(14-13)12-9-6-4-5-7-11(9)16(2)15-12/h4-7,10,14H,3,8,13H2,1-2H3. The van der Waals surface area contributed by atoms with Crippen LogP contribution in [0.3, 0.4) is 0 Å². The lowest BCUT2D eigenvalue weighted by molar-refractivity contribution is 0.122. The molecule has 0 aliphatic rings. The molecule has 1 atom stereocenters. The highest BCUT2D eigenvalue weighted by molar-refractivity contribution is 5.82. The van der Waals surface area contributed by atoms with Gasteiger partial charge in [-0.25, -0.2) is 5.43 Å². The molecule has 2 aromatic rings. The third-order valence-corrected chi connectivity index (χ3v) is 2.81. The molecule has 1 unspecified atom stereocenters. The Morgan fingerprint density at radius 2 is 2.24 bits per heavy atom. The number of fused-ring (bicyclic) bond motifs is 1. The van der Waals surface area contributed by atoms with Gasteiger partial charge >= 0.3 is 0 Å². The third kappa shape index (κ3) is 2.31. The number of nitrogens with one attached hydrogen (secondary N) is 1. The Labute approximate surface area is 101 Å². The number of hydrogen-bond acceptors (Lipinski definition) is 4. The molecule has 5 nitrogen and oxygen atoms in total. The zero-order chi connectivity index (χ0) is 12.3. The van der Waals surface area contributed by atoms with Crippen LogP contribution in [-0.2, 0) is 11.8 Å². The maximum Gasteiger partial charge on any atom is 0.0909 e. The maximum absolute atomic E-state index is 5.57. The summed E-state index contributed by atoms with van der Waals surface area (Å²) in [5.41, 5.74) is 4.78. The highest BCUT2D eigenvalue weighted by atomic mass is 16.5. The van der Waals surface area contributed by atoms with Crippen molar-refractivity contribution in [3.8, 4) is 0 Å². The van der Waals surface area contributed by atoms with E-state index in [1.165, 1.54) is 0 Å². The quantitative estimate of drug-likeness (QED) is 0.601. The van der Waals surface area contributed by atoms with Crippen LogP contribution in [0.25, 0.3) is 10.9 Å². The van der Waals surface area contributed by atoms with Gasteiger partial charge < -0.3 is 4.74 Å². The molecule has 0 amide bonds. The Morgan fingerprint density at radius 3 is 2.94 bits per heavy atom. The molecule has 5 heteroatoms. The number of nitrogens with two attached hydrogens (primary N) is 1. The van der Waals surface area contributed by atoms with E-state index < -0.39 is 0 Å². The Hall–Kier alpha value is -1.43. The lowest BCUT2D eigenvalue weighted by Gasteiger charge is -2.13.